The van der Waals surface area contributed by atoms with E-state index in [-0.39, 0.29) is 0 Å². The summed E-state index contributed by atoms with van der Waals surface area (Å²) >= 11 is 6.91. The maximum atomic E-state index is 5.75. The molecule has 96 valence electrons. The molecule has 0 amide bonds. The second kappa shape index (κ2) is 6.26. The normalized spacial score (nSPS) is 12.5. The number of rotatable bonds is 6. The van der Waals surface area contributed by atoms with Crippen molar-refractivity contribution in [3.8, 4) is 0 Å². The van der Waals surface area contributed by atoms with E-state index in [1.165, 1.54) is 0 Å². The minimum atomic E-state index is 0.400. The molecule has 6 heteroatoms. The third-order valence-electron chi connectivity index (χ3n) is 2.67. The van der Waals surface area contributed by atoms with Gasteiger partial charge in [-0.1, -0.05) is 19.1 Å². The Morgan fingerprint density at radius 3 is 2.76 bits per heavy atom. The summed E-state index contributed by atoms with van der Waals surface area (Å²) in [5, 5.41) is 7.84. The molecule has 4 nitrogen and oxygen atoms in total. The number of hydrogen-bond acceptors (Lipinski definition) is 4. The minimum Gasteiger partial charge on any atom is -0.389 e. The molecule has 0 aliphatic rings. The zero-order valence-corrected chi connectivity index (χ0v) is 12.4. The van der Waals surface area contributed by atoms with E-state index in [2.05, 4.69) is 23.6 Å². The molecule has 0 saturated carbocycles. The largest absolute Gasteiger partial charge is 0.389 e. The molecule has 0 fully saturated rings. The van der Waals surface area contributed by atoms with E-state index in [0.717, 1.165) is 29.2 Å². The lowest BCUT2D eigenvalue weighted by Gasteiger charge is -2.18. The van der Waals surface area contributed by atoms with Gasteiger partial charge in [-0.2, -0.15) is 16.9 Å². The highest BCUT2D eigenvalue weighted by Gasteiger charge is 2.17. The van der Waals surface area contributed by atoms with Crippen LogP contribution in [0.5, 0.6) is 0 Å². The van der Waals surface area contributed by atoms with Gasteiger partial charge in [0.15, 0.2) is 0 Å². The zero-order valence-electron chi connectivity index (χ0n) is 10.8. The Bertz CT molecular complexity index is 400. The van der Waals surface area contributed by atoms with Crippen LogP contribution in [0.4, 0.5) is 5.82 Å². The van der Waals surface area contributed by atoms with Crippen molar-refractivity contribution < 1.29 is 0 Å². The lowest BCUT2D eigenvalue weighted by molar-refractivity contribution is 0.719. The van der Waals surface area contributed by atoms with Gasteiger partial charge in [-0.15, -0.1) is 0 Å². The van der Waals surface area contributed by atoms with Crippen molar-refractivity contribution in [2.45, 2.75) is 26.3 Å². The predicted octanol–water partition coefficient (Wildman–Crippen LogP) is 1.92. The fourth-order valence-electron chi connectivity index (χ4n) is 1.77. The van der Waals surface area contributed by atoms with Gasteiger partial charge in [0.25, 0.3) is 0 Å². The molecular weight excluding hydrogens is 252 g/mol. The van der Waals surface area contributed by atoms with E-state index in [1.807, 2.05) is 30.4 Å². The molecule has 1 heterocycles. The van der Waals surface area contributed by atoms with Crippen LogP contribution in [0, 0.1) is 6.92 Å². The Hall–Kier alpha value is -0.750. The minimum absolute atomic E-state index is 0.400. The van der Waals surface area contributed by atoms with Crippen LogP contribution in [0.3, 0.4) is 0 Å². The smallest absolute Gasteiger partial charge is 0.134 e. The van der Waals surface area contributed by atoms with Gasteiger partial charge in [0, 0.05) is 18.8 Å². The van der Waals surface area contributed by atoms with Crippen molar-refractivity contribution in [3.63, 3.8) is 0 Å². The predicted molar refractivity (Wildman–Crippen MR) is 79.9 cm³/mol. The third-order valence-corrected chi connectivity index (χ3v) is 3.61. The van der Waals surface area contributed by atoms with Crippen molar-refractivity contribution in [1.82, 2.24) is 9.78 Å². The van der Waals surface area contributed by atoms with Crippen molar-refractivity contribution in [2.24, 2.45) is 12.8 Å². The average molecular weight is 272 g/mol. The molecule has 0 aromatic carbocycles. The summed E-state index contributed by atoms with van der Waals surface area (Å²) in [7, 11) is 1.91. The summed E-state index contributed by atoms with van der Waals surface area (Å²) in [6.07, 6.45) is 3.16. The van der Waals surface area contributed by atoms with Crippen molar-refractivity contribution >= 4 is 34.8 Å². The Morgan fingerprint density at radius 2 is 2.29 bits per heavy atom. The van der Waals surface area contributed by atoms with Crippen LogP contribution in [0.2, 0.25) is 0 Å². The number of anilines is 1. The van der Waals surface area contributed by atoms with Gasteiger partial charge in [-0.25, -0.2) is 0 Å². The number of hydrogen-bond donors (Lipinski definition) is 2. The van der Waals surface area contributed by atoms with E-state index in [1.54, 1.807) is 0 Å². The van der Waals surface area contributed by atoms with Crippen molar-refractivity contribution in [1.29, 1.82) is 0 Å². The fourth-order valence-corrected chi connectivity index (χ4v) is 2.74. The Kier molecular flexibility index (Phi) is 5.27. The van der Waals surface area contributed by atoms with Crippen LogP contribution in [0.25, 0.3) is 0 Å². The number of aryl methyl sites for hydroxylation is 2. The number of aromatic nitrogens is 2. The number of thioether (sulfide) groups is 1. The Labute approximate surface area is 112 Å². The van der Waals surface area contributed by atoms with Crippen LogP contribution in [-0.4, -0.2) is 32.8 Å². The Balaban J connectivity index is 3.00. The van der Waals surface area contributed by atoms with Gasteiger partial charge in [-0.3, -0.25) is 4.68 Å². The summed E-state index contributed by atoms with van der Waals surface area (Å²) in [5.41, 5.74) is 7.49. The molecule has 0 spiro atoms. The first-order valence-electron chi connectivity index (χ1n) is 5.60. The molecule has 1 aromatic heterocycles. The fraction of sp³-hybridized carbons (Fsp3) is 0.636. The topological polar surface area (TPSA) is 55.9 Å². The van der Waals surface area contributed by atoms with Crippen LogP contribution >= 0.6 is 24.0 Å². The highest BCUT2D eigenvalue weighted by atomic mass is 32.2. The van der Waals surface area contributed by atoms with Gasteiger partial charge in [0.1, 0.15) is 10.8 Å². The molecule has 1 rings (SSSR count). The number of thiocarbonyl (C=S) groups is 1. The van der Waals surface area contributed by atoms with Crippen LogP contribution in [0.1, 0.15) is 24.6 Å². The van der Waals surface area contributed by atoms with E-state index in [0.29, 0.717) is 11.0 Å². The second-order valence-corrected chi connectivity index (χ2v) is 5.35. The first-order valence-corrected chi connectivity index (χ1v) is 7.40. The van der Waals surface area contributed by atoms with Gasteiger partial charge in [0.05, 0.1) is 11.3 Å². The SMILES string of the molecule is CCC(CSC)Nc1c(C(N)=S)c(C)nn1C. The van der Waals surface area contributed by atoms with Crippen molar-refractivity contribution in [2.75, 3.05) is 17.3 Å². The standard InChI is InChI=1S/C11H20N4S2/c1-5-8(6-17-4)13-11-9(10(12)16)7(2)14-15(11)3/h8,13H,5-6H2,1-4H3,(H2,12,16). The average Bonchev–Trinajstić information content (AvgIpc) is 2.53. The summed E-state index contributed by atoms with van der Waals surface area (Å²) in [6, 6.07) is 0.410. The summed E-state index contributed by atoms with van der Waals surface area (Å²) < 4.78 is 1.81. The van der Waals surface area contributed by atoms with Gasteiger partial charge >= 0.3 is 0 Å². The second-order valence-electron chi connectivity index (χ2n) is 4.00. The lowest BCUT2D eigenvalue weighted by atomic mass is 10.2. The molecule has 0 aliphatic carbocycles. The highest BCUT2D eigenvalue weighted by Crippen LogP contribution is 2.20. The van der Waals surface area contributed by atoms with Gasteiger partial charge in [-0.05, 0) is 19.6 Å². The van der Waals surface area contributed by atoms with Gasteiger partial charge < -0.3 is 11.1 Å². The van der Waals surface area contributed by atoms with E-state index < -0.39 is 0 Å². The first-order chi connectivity index (χ1) is 8.01. The summed E-state index contributed by atoms with van der Waals surface area (Å²) in [5.74, 6) is 1.98. The quantitative estimate of drug-likeness (QED) is 0.775. The molecule has 3 N–H and O–H groups in total. The van der Waals surface area contributed by atoms with Crippen molar-refractivity contribution in [3.05, 3.63) is 11.3 Å². The molecule has 0 bridgehead atoms. The Morgan fingerprint density at radius 1 is 1.65 bits per heavy atom. The van der Waals surface area contributed by atoms with E-state index in [9.17, 15) is 0 Å². The third kappa shape index (κ3) is 3.35. The molecule has 1 unspecified atom stereocenters. The summed E-state index contributed by atoms with van der Waals surface area (Å²) in [6.45, 7) is 4.09. The number of nitrogens with one attached hydrogen (secondary N) is 1. The molecule has 0 radical (unpaired) electrons. The monoisotopic (exact) mass is 272 g/mol. The van der Waals surface area contributed by atoms with Crippen LogP contribution in [-0.2, 0) is 7.05 Å². The van der Waals surface area contributed by atoms with E-state index >= 15 is 0 Å². The zero-order chi connectivity index (χ0) is 13.0. The number of nitrogens with zero attached hydrogens (tertiary/aromatic N) is 2. The van der Waals surface area contributed by atoms with Crippen LogP contribution < -0.4 is 11.1 Å². The highest BCUT2D eigenvalue weighted by molar-refractivity contribution is 7.98. The molecule has 17 heavy (non-hydrogen) atoms. The molecule has 0 aliphatic heterocycles. The maximum Gasteiger partial charge on any atom is 0.134 e. The van der Waals surface area contributed by atoms with Crippen LogP contribution in [0.15, 0.2) is 0 Å². The number of nitrogens with two attached hydrogens (primary N) is 1. The van der Waals surface area contributed by atoms with Gasteiger partial charge in [0.2, 0.25) is 0 Å². The molecule has 1 aromatic rings. The van der Waals surface area contributed by atoms with E-state index in [4.69, 9.17) is 18.0 Å². The molecule has 1 atom stereocenters. The first kappa shape index (κ1) is 14.3. The molecular formula is C11H20N4S2. The summed E-state index contributed by atoms with van der Waals surface area (Å²) in [4.78, 5) is 0.400. The maximum absolute atomic E-state index is 5.75. The molecule has 0 saturated heterocycles. The lowest BCUT2D eigenvalue weighted by Crippen LogP contribution is -2.25.